The molecule has 2 aliphatic rings. The van der Waals surface area contributed by atoms with Crippen molar-refractivity contribution >= 4 is 15.9 Å². The molecule has 0 aromatic heterocycles. The maximum absolute atomic E-state index is 13.5. The number of nitrogens with zero attached hydrogens (tertiary/aromatic N) is 2. The number of benzene rings is 2. The Hall–Kier alpha value is -2.18. The van der Waals surface area contributed by atoms with Crippen LogP contribution in [0.2, 0.25) is 0 Å². The SMILES string of the molecule is Cc1ccc(S(=O)(=O)N2Cc3ccccc3C[C@@H]2C(=O)N2CCCCC2)cc1. The summed E-state index contributed by atoms with van der Waals surface area (Å²) >= 11 is 0. The van der Waals surface area contributed by atoms with E-state index in [0.717, 1.165) is 49.0 Å². The maximum Gasteiger partial charge on any atom is 0.244 e. The van der Waals surface area contributed by atoms with Crippen LogP contribution in [0.3, 0.4) is 0 Å². The van der Waals surface area contributed by atoms with Crippen molar-refractivity contribution in [3.05, 3.63) is 65.2 Å². The molecule has 0 bridgehead atoms. The average molecular weight is 399 g/mol. The van der Waals surface area contributed by atoms with Crippen molar-refractivity contribution in [3.8, 4) is 0 Å². The van der Waals surface area contributed by atoms with E-state index in [2.05, 4.69) is 0 Å². The molecule has 1 atom stereocenters. The van der Waals surface area contributed by atoms with E-state index in [0.29, 0.717) is 6.42 Å². The molecule has 1 fully saturated rings. The van der Waals surface area contributed by atoms with Gasteiger partial charge in [0.1, 0.15) is 6.04 Å². The van der Waals surface area contributed by atoms with Crippen molar-refractivity contribution in [1.82, 2.24) is 9.21 Å². The fraction of sp³-hybridized carbons (Fsp3) is 0.409. The molecule has 148 valence electrons. The Morgan fingerprint density at radius 3 is 2.25 bits per heavy atom. The van der Waals surface area contributed by atoms with E-state index >= 15 is 0 Å². The monoisotopic (exact) mass is 398 g/mol. The summed E-state index contributed by atoms with van der Waals surface area (Å²) in [7, 11) is -3.77. The zero-order chi connectivity index (χ0) is 19.7. The number of hydrogen-bond donors (Lipinski definition) is 0. The van der Waals surface area contributed by atoms with Gasteiger partial charge in [0.25, 0.3) is 0 Å². The van der Waals surface area contributed by atoms with Gasteiger partial charge in [-0.3, -0.25) is 4.79 Å². The Bertz CT molecular complexity index is 964. The molecular weight excluding hydrogens is 372 g/mol. The third-order valence-electron chi connectivity index (χ3n) is 5.79. The lowest BCUT2D eigenvalue weighted by atomic mass is 9.94. The lowest BCUT2D eigenvalue weighted by Crippen LogP contribution is -2.54. The largest absolute Gasteiger partial charge is 0.341 e. The highest BCUT2D eigenvalue weighted by Crippen LogP contribution is 2.30. The molecule has 1 saturated heterocycles. The molecule has 2 aliphatic heterocycles. The van der Waals surface area contributed by atoms with Crippen LogP contribution in [0.1, 0.15) is 36.0 Å². The van der Waals surface area contributed by atoms with Gasteiger partial charge in [0.15, 0.2) is 0 Å². The smallest absolute Gasteiger partial charge is 0.244 e. The summed E-state index contributed by atoms with van der Waals surface area (Å²) in [6.07, 6.45) is 3.53. The van der Waals surface area contributed by atoms with Crippen molar-refractivity contribution in [2.45, 2.75) is 50.1 Å². The van der Waals surface area contributed by atoms with Crippen LogP contribution in [0.5, 0.6) is 0 Å². The van der Waals surface area contributed by atoms with Crippen LogP contribution in [-0.2, 0) is 27.8 Å². The molecular formula is C22H26N2O3S. The molecule has 1 amide bonds. The minimum Gasteiger partial charge on any atom is -0.341 e. The molecule has 4 rings (SSSR count). The maximum atomic E-state index is 13.5. The quantitative estimate of drug-likeness (QED) is 0.798. The predicted octanol–water partition coefficient (Wildman–Crippen LogP) is 3.12. The van der Waals surface area contributed by atoms with Crippen molar-refractivity contribution in [2.24, 2.45) is 0 Å². The minimum atomic E-state index is -3.77. The normalized spacial score (nSPS) is 20.6. The van der Waals surface area contributed by atoms with Gasteiger partial charge in [0, 0.05) is 19.6 Å². The summed E-state index contributed by atoms with van der Waals surface area (Å²) in [5, 5.41) is 0. The number of hydrogen-bond acceptors (Lipinski definition) is 3. The van der Waals surface area contributed by atoms with Gasteiger partial charge in [0.2, 0.25) is 15.9 Å². The third kappa shape index (κ3) is 3.59. The third-order valence-corrected chi connectivity index (χ3v) is 7.65. The first kappa shape index (κ1) is 19.2. The molecule has 0 spiro atoms. The van der Waals surface area contributed by atoms with E-state index in [-0.39, 0.29) is 17.3 Å². The van der Waals surface area contributed by atoms with Crippen LogP contribution < -0.4 is 0 Å². The highest BCUT2D eigenvalue weighted by atomic mass is 32.2. The number of sulfonamides is 1. The molecule has 2 heterocycles. The first-order chi connectivity index (χ1) is 13.5. The van der Waals surface area contributed by atoms with Gasteiger partial charge >= 0.3 is 0 Å². The summed E-state index contributed by atoms with van der Waals surface area (Å²) in [4.78, 5) is 15.4. The number of amides is 1. The van der Waals surface area contributed by atoms with Crippen molar-refractivity contribution in [3.63, 3.8) is 0 Å². The second-order valence-corrected chi connectivity index (χ2v) is 9.63. The van der Waals surface area contributed by atoms with Crippen LogP contribution in [-0.4, -0.2) is 42.7 Å². The summed E-state index contributed by atoms with van der Waals surface area (Å²) in [6.45, 7) is 3.59. The first-order valence-corrected chi connectivity index (χ1v) is 11.3. The highest BCUT2D eigenvalue weighted by Gasteiger charge is 2.41. The van der Waals surface area contributed by atoms with Crippen molar-refractivity contribution in [2.75, 3.05) is 13.1 Å². The molecule has 6 heteroatoms. The molecule has 0 unspecified atom stereocenters. The van der Waals surface area contributed by atoms with Gasteiger partial charge in [-0.2, -0.15) is 4.31 Å². The molecule has 28 heavy (non-hydrogen) atoms. The molecule has 2 aromatic carbocycles. The van der Waals surface area contributed by atoms with Crippen LogP contribution in [0.4, 0.5) is 0 Å². The van der Waals surface area contributed by atoms with Gasteiger partial charge in [-0.25, -0.2) is 8.42 Å². The molecule has 2 aromatic rings. The Morgan fingerprint density at radius 2 is 1.57 bits per heavy atom. The number of fused-ring (bicyclic) bond motifs is 1. The Morgan fingerprint density at radius 1 is 0.929 bits per heavy atom. The number of rotatable bonds is 3. The number of aryl methyl sites for hydroxylation is 1. The summed E-state index contributed by atoms with van der Waals surface area (Å²) in [5.74, 6) is -0.0649. The van der Waals surface area contributed by atoms with Crippen LogP contribution in [0.15, 0.2) is 53.4 Å². The van der Waals surface area contributed by atoms with Gasteiger partial charge in [0.05, 0.1) is 4.90 Å². The zero-order valence-electron chi connectivity index (χ0n) is 16.2. The molecule has 0 N–H and O–H groups in total. The lowest BCUT2D eigenvalue weighted by Gasteiger charge is -2.38. The zero-order valence-corrected chi connectivity index (χ0v) is 17.0. The van der Waals surface area contributed by atoms with Gasteiger partial charge < -0.3 is 4.90 Å². The van der Waals surface area contributed by atoms with Crippen LogP contribution in [0.25, 0.3) is 0 Å². The van der Waals surface area contributed by atoms with E-state index in [1.165, 1.54) is 4.31 Å². The van der Waals surface area contributed by atoms with Gasteiger partial charge in [-0.1, -0.05) is 42.0 Å². The summed E-state index contributed by atoms with van der Waals surface area (Å²) in [5.41, 5.74) is 3.04. The topological polar surface area (TPSA) is 57.7 Å². The Kier molecular flexibility index (Phi) is 5.25. The van der Waals surface area contributed by atoms with E-state index < -0.39 is 16.1 Å². The van der Waals surface area contributed by atoms with E-state index in [9.17, 15) is 13.2 Å². The second kappa shape index (κ2) is 7.68. The number of carbonyl (C=O) groups is 1. The van der Waals surface area contributed by atoms with Crippen molar-refractivity contribution in [1.29, 1.82) is 0 Å². The number of piperidine rings is 1. The predicted molar refractivity (Wildman–Crippen MR) is 108 cm³/mol. The van der Waals surface area contributed by atoms with Gasteiger partial charge in [-0.15, -0.1) is 0 Å². The molecule has 0 saturated carbocycles. The highest BCUT2D eigenvalue weighted by molar-refractivity contribution is 7.89. The fourth-order valence-electron chi connectivity index (χ4n) is 4.13. The second-order valence-electron chi connectivity index (χ2n) is 7.74. The average Bonchev–Trinajstić information content (AvgIpc) is 2.73. The summed E-state index contributed by atoms with van der Waals surface area (Å²) in [6, 6.07) is 14.0. The standard InChI is InChI=1S/C22H26N2O3S/c1-17-9-11-20(12-10-17)28(26,27)24-16-19-8-4-3-7-18(19)15-21(24)22(25)23-13-5-2-6-14-23/h3-4,7-12,21H,2,5-6,13-16H2,1H3/t21-/m1/s1. The molecule has 0 radical (unpaired) electrons. The Balaban J connectivity index is 1.72. The molecule has 5 nitrogen and oxygen atoms in total. The van der Waals surface area contributed by atoms with Crippen LogP contribution >= 0.6 is 0 Å². The van der Waals surface area contributed by atoms with Gasteiger partial charge in [-0.05, 0) is 55.9 Å². The molecule has 0 aliphatic carbocycles. The van der Waals surface area contributed by atoms with Crippen LogP contribution in [0, 0.1) is 6.92 Å². The van der Waals surface area contributed by atoms with E-state index in [1.807, 2.05) is 36.1 Å². The fourth-order valence-corrected chi connectivity index (χ4v) is 5.69. The summed E-state index contributed by atoms with van der Waals surface area (Å²) < 4.78 is 28.3. The number of carbonyl (C=O) groups excluding carboxylic acids is 1. The number of likely N-dealkylation sites (tertiary alicyclic amines) is 1. The van der Waals surface area contributed by atoms with Crippen molar-refractivity contribution < 1.29 is 13.2 Å². The first-order valence-electron chi connectivity index (χ1n) is 9.91. The van der Waals surface area contributed by atoms with E-state index in [4.69, 9.17) is 0 Å². The van der Waals surface area contributed by atoms with E-state index in [1.54, 1.807) is 24.3 Å². The Labute approximate surface area is 167 Å². The lowest BCUT2D eigenvalue weighted by molar-refractivity contribution is -0.136. The minimum absolute atomic E-state index is 0.0649.